The maximum absolute atomic E-state index is 13.8. The first kappa shape index (κ1) is 10.7. The van der Waals surface area contributed by atoms with Gasteiger partial charge in [0, 0.05) is 5.56 Å². The molecular formula is C14H10FN3. The Bertz CT molecular complexity index is 662. The van der Waals surface area contributed by atoms with Gasteiger partial charge in [-0.1, -0.05) is 47.7 Å². The predicted molar refractivity (Wildman–Crippen MR) is 66.8 cm³/mol. The number of nitrogens with zero attached hydrogens (tertiary/aromatic N) is 3. The number of halogens is 1. The number of hydrogen-bond acceptors (Lipinski definition) is 2. The van der Waals surface area contributed by atoms with Crippen LogP contribution in [-0.2, 0) is 0 Å². The molecule has 0 radical (unpaired) electrons. The molecule has 3 nitrogen and oxygen atoms in total. The van der Waals surface area contributed by atoms with Gasteiger partial charge in [-0.05, 0) is 12.1 Å². The Balaban J connectivity index is 2.16. The van der Waals surface area contributed by atoms with Crippen molar-refractivity contribution in [3.8, 4) is 16.9 Å². The van der Waals surface area contributed by atoms with Crippen LogP contribution in [0.3, 0.4) is 0 Å². The van der Waals surface area contributed by atoms with Crippen LogP contribution in [0.25, 0.3) is 16.9 Å². The Hall–Kier alpha value is -2.49. The number of benzene rings is 2. The van der Waals surface area contributed by atoms with Gasteiger partial charge < -0.3 is 0 Å². The van der Waals surface area contributed by atoms with Crippen molar-refractivity contribution >= 4 is 0 Å². The van der Waals surface area contributed by atoms with Crippen molar-refractivity contribution in [2.24, 2.45) is 0 Å². The summed E-state index contributed by atoms with van der Waals surface area (Å²) in [6.07, 6.45) is 1.63. The number of rotatable bonds is 2. The summed E-state index contributed by atoms with van der Waals surface area (Å²) >= 11 is 0. The molecule has 3 aromatic rings. The van der Waals surface area contributed by atoms with E-state index < -0.39 is 0 Å². The molecule has 0 atom stereocenters. The van der Waals surface area contributed by atoms with Crippen LogP contribution in [-0.4, -0.2) is 15.0 Å². The molecule has 3 rings (SSSR count). The van der Waals surface area contributed by atoms with Crippen molar-refractivity contribution in [1.82, 2.24) is 15.0 Å². The van der Waals surface area contributed by atoms with Crippen LogP contribution >= 0.6 is 0 Å². The maximum atomic E-state index is 13.8. The minimum absolute atomic E-state index is 0.319. The van der Waals surface area contributed by atoms with Gasteiger partial charge in [-0.3, -0.25) is 0 Å². The minimum Gasteiger partial charge on any atom is -0.210 e. The van der Waals surface area contributed by atoms with Crippen LogP contribution in [0.1, 0.15) is 0 Å². The van der Waals surface area contributed by atoms with Crippen molar-refractivity contribution in [1.29, 1.82) is 0 Å². The summed E-state index contributed by atoms with van der Waals surface area (Å²) in [4.78, 5) is 0. The molecule has 1 heterocycles. The average Bonchev–Trinajstić information content (AvgIpc) is 2.89. The zero-order valence-electron chi connectivity index (χ0n) is 9.49. The lowest BCUT2D eigenvalue weighted by molar-refractivity contribution is 0.608. The highest BCUT2D eigenvalue weighted by Crippen LogP contribution is 2.22. The van der Waals surface area contributed by atoms with Crippen LogP contribution in [0.5, 0.6) is 0 Å². The number of para-hydroxylation sites is 1. The van der Waals surface area contributed by atoms with E-state index in [2.05, 4.69) is 10.3 Å². The summed E-state index contributed by atoms with van der Waals surface area (Å²) < 4.78 is 15.3. The highest BCUT2D eigenvalue weighted by molar-refractivity contribution is 5.60. The molecule has 0 aliphatic carbocycles. The Labute approximate surface area is 104 Å². The summed E-state index contributed by atoms with van der Waals surface area (Å²) in [7, 11) is 0. The Morgan fingerprint density at radius 3 is 2.39 bits per heavy atom. The molecule has 0 fully saturated rings. The summed E-state index contributed by atoms with van der Waals surface area (Å²) in [6.45, 7) is 0. The molecule has 0 unspecified atom stereocenters. The van der Waals surface area contributed by atoms with Crippen LogP contribution < -0.4 is 0 Å². The van der Waals surface area contributed by atoms with E-state index in [-0.39, 0.29) is 5.82 Å². The predicted octanol–water partition coefficient (Wildman–Crippen LogP) is 3.07. The SMILES string of the molecule is Fc1ccccc1-n1nncc1-c1ccccc1. The average molecular weight is 239 g/mol. The third kappa shape index (κ3) is 1.78. The second-order valence-corrected chi connectivity index (χ2v) is 3.85. The normalized spacial score (nSPS) is 10.5. The minimum atomic E-state index is -0.319. The van der Waals surface area contributed by atoms with Gasteiger partial charge in [0.1, 0.15) is 11.5 Å². The Morgan fingerprint density at radius 2 is 1.61 bits per heavy atom. The van der Waals surface area contributed by atoms with Gasteiger partial charge in [-0.15, -0.1) is 5.10 Å². The van der Waals surface area contributed by atoms with E-state index >= 15 is 0 Å². The second-order valence-electron chi connectivity index (χ2n) is 3.85. The molecule has 0 spiro atoms. The molecule has 0 aliphatic heterocycles. The second kappa shape index (κ2) is 4.41. The molecule has 18 heavy (non-hydrogen) atoms. The van der Waals surface area contributed by atoms with E-state index in [0.29, 0.717) is 5.69 Å². The molecule has 0 saturated carbocycles. The quantitative estimate of drug-likeness (QED) is 0.688. The molecule has 1 aromatic heterocycles. The lowest BCUT2D eigenvalue weighted by atomic mass is 10.1. The Morgan fingerprint density at radius 1 is 0.889 bits per heavy atom. The van der Waals surface area contributed by atoms with Gasteiger partial charge in [0.25, 0.3) is 0 Å². The van der Waals surface area contributed by atoms with Gasteiger partial charge in [0.2, 0.25) is 0 Å². The summed E-state index contributed by atoms with van der Waals surface area (Å²) in [5.41, 5.74) is 2.11. The topological polar surface area (TPSA) is 30.7 Å². The van der Waals surface area contributed by atoms with Crippen molar-refractivity contribution in [3.05, 3.63) is 66.6 Å². The lowest BCUT2D eigenvalue weighted by Crippen LogP contribution is -2.01. The van der Waals surface area contributed by atoms with Gasteiger partial charge in [-0.2, -0.15) is 0 Å². The highest BCUT2D eigenvalue weighted by Gasteiger charge is 2.11. The standard InChI is InChI=1S/C14H10FN3/c15-12-8-4-5-9-13(12)18-14(10-16-17-18)11-6-2-1-3-7-11/h1-10H. The number of aromatic nitrogens is 3. The van der Waals surface area contributed by atoms with E-state index in [4.69, 9.17) is 0 Å². The van der Waals surface area contributed by atoms with E-state index in [0.717, 1.165) is 11.3 Å². The third-order valence-corrected chi connectivity index (χ3v) is 2.70. The zero-order valence-corrected chi connectivity index (χ0v) is 9.49. The first-order valence-corrected chi connectivity index (χ1v) is 5.57. The van der Waals surface area contributed by atoms with Crippen LogP contribution in [0.4, 0.5) is 4.39 Å². The molecule has 0 amide bonds. The summed E-state index contributed by atoms with van der Waals surface area (Å²) in [5.74, 6) is -0.319. The third-order valence-electron chi connectivity index (χ3n) is 2.70. The van der Waals surface area contributed by atoms with E-state index in [9.17, 15) is 4.39 Å². The fourth-order valence-electron chi connectivity index (χ4n) is 1.84. The van der Waals surface area contributed by atoms with Crippen molar-refractivity contribution in [2.45, 2.75) is 0 Å². The highest BCUT2D eigenvalue weighted by atomic mass is 19.1. The lowest BCUT2D eigenvalue weighted by Gasteiger charge is -2.06. The van der Waals surface area contributed by atoms with E-state index in [1.54, 1.807) is 24.4 Å². The molecular weight excluding hydrogens is 229 g/mol. The Kier molecular flexibility index (Phi) is 2.61. The van der Waals surface area contributed by atoms with Crippen molar-refractivity contribution in [2.75, 3.05) is 0 Å². The number of hydrogen-bond donors (Lipinski definition) is 0. The van der Waals surface area contributed by atoms with Gasteiger partial charge in [-0.25, -0.2) is 9.07 Å². The maximum Gasteiger partial charge on any atom is 0.148 e. The zero-order chi connectivity index (χ0) is 12.4. The smallest absolute Gasteiger partial charge is 0.148 e. The molecule has 0 aliphatic rings. The van der Waals surface area contributed by atoms with Crippen LogP contribution in [0, 0.1) is 5.82 Å². The van der Waals surface area contributed by atoms with E-state index in [1.807, 2.05) is 30.3 Å². The molecule has 0 N–H and O–H groups in total. The van der Waals surface area contributed by atoms with Crippen LogP contribution in [0.15, 0.2) is 60.8 Å². The summed E-state index contributed by atoms with van der Waals surface area (Å²) in [6, 6.07) is 16.2. The van der Waals surface area contributed by atoms with Crippen molar-refractivity contribution in [3.63, 3.8) is 0 Å². The van der Waals surface area contributed by atoms with Crippen LogP contribution in [0.2, 0.25) is 0 Å². The molecule has 2 aromatic carbocycles. The fraction of sp³-hybridized carbons (Fsp3) is 0. The first-order chi connectivity index (χ1) is 8.86. The molecule has 0 bridgehead atoms. The largest absolute Gasteiger partial charge is 0.210 e. The first-order valence-electron chi connectivity index (χ1n) is 5.57. The molecule has 0 saturated heterocycles. The van der Waals surface area contributed by atoms with Crippen molar-refractivity contribution < 1.29 is 4.39 Å². The van der Waals surface area contributed by atoms with Gasteiger partial charge in [0.15, 0.2) is 0 Å². The molecule has 88 valence electrons. The van der Waals surface area contributed by atoms with Gasteiger partial charge in [0.05, 0.1) is 11.9 Å². The molecule has 4 heteroatoms. The van der Waals surface area contributed by atoms with E-state index in [1.165, 1.54) is 10.7 Å². The summed E-state index contributed by atoms with van der Waals surface area (Å²) in [5, 5.41) is 7.81. The monoisotopic (exact) mass is 239 g/mol. The van der Waals surface area contributed by atoms with Gasteiger partial charge >= 0.3 is 0 Å². The fourth-order valence-corrected chi connectivity index (χ4v) is 1.84.